The number of aromatic nitrogens is 1. The minimum Gasteiger partial charge on any atom is -0.317 e. The third-order valence-electron chi connectivity index (χ3n) is 3.77. The lowest BCUT2D eigenvalue weighted by Crippen LogP contribution is -2.33. The predicted molar refractivity (Wildman–Crippen MR) is 82.2 cm³/mol. The van der Waals surface area contributed by atoms with E-state index in [0.29, 0.717) is 0 Å². The molecule has 0 aliphatic heterocycles. The summed E-state index contributed by atoms with van der Waals surface area (Å²) in [5.74, 6) is 0. The summed E-state index contributed by atoms with van der Waals surface area (Å²) in [5, 5.41) is 2.17. The van der Waals surface area contributed by atoms with Gasteiger partial charge < -0.3 is 3.97 Å². The summed E-state index contributed by atoms with van der Waals surface area (Å²) in [5.41, 5.74) is 1.46. The van der Waals surface area contributed by atoms with Crippen LogP contribution in [-0.2, 0) is 6.42 Å². The van der Waals surface area contributed by atoms with Crippen LogP contribution in [0.4, 0.5) is 0 Å². The molecular weight excluding hydrogens is 226 g/mol. The number of rotatable bonds is 5. The van der Waals surface area contributed by atoms with Crippen molar-refractivity contribution in [1.82, 2.24) is 3.97 Å². The van der Waals surface area contributed by atoms with E-state index in [2.05, 4.69) is 70.9 Å². The van der Waals surface area contributed by atoms with Gasteiger partial charge in [0, 0.05) is 28.1 Å². The van der Waals surface area contributed by atoms with Gasteiger partial charge in [-0.3, -0.25) is 0 Å². The summed E-state index contributed by atoms with van der Waals surface area (Å²) in [6.07, 6.45) is 5.83. The topological polar surface area (TPSA) is 4.93 Å². The molecule has 1 rings (SSSR count). The molecule has 1 aromatic rings. The molecule has 17 heavy (non-hydrogen) atoms. The molecule has 0 amide bonds. The number of hydrogen-bond acceptors (Lipinski definition) is 0. The Morgan fingerprint density at radius 1 is 1.00 bits per heavy atom. The normalized spacial score (nSPS) is 14.0. The fourth-order valence-corrected chi connectivity index (χ4v) is 8.50. The van der Waals surface area contributed by atoms with Crippen LogP contribution in [0.1, 0.15) is 54.0 Å². The van der Waals surface area contributed by atoms with Crippen molar-refractivity contribution in [3.05, 3.63) is 24.0 Å². The molecule has 0 atom stereocenters. The second-order valence-corrected chi connectivity index (χ2v) is 10.3. The molecule has 2 heteroatoms. The van der Waals surface area contributed by atoms with Crippen molar-refractivity contribution in [2.45, 2.75) is 70.6 Å². The smallest absolute Gasteiger partial charge is 0.0171 e. The molecule has 0 aliphatic rings. The molecule has 1 aromatic heterocycles. The van der Waals surface area contributed by atoms with Gasteiger partial charge in [0.25, 0.3) is 0 Å². The molecule has 0 saturated carbocycles. The van der Waals surface area contributed by atoms with Crippen molar-refractivity contribution in [3.63, 3.8) is 0 Å². The highest BCUT2D eigenvalue weighted by molar-refractivity contribution is 8.33. The summed E-state index contributed by atoms with van der Waals surface area (Å²) in [7, 11) is -0.798. The molecule has 0 aliphatic carbocycles. The van der Waals surface area contributed by atoms with Crippen LogP contribution in [0.15, 0.2) is 18.5 Å². The Labute approximate surface area is 109 Å². The Morgan fingerprint density at radius 3 is 1.76 bits per heavy atom. The highest BCUT2D eigenvalue weighted by Crippen LogP contribution is 2.61. The first-order chi connectivity index (χ1) is 7.87. The molecule has 0 radical (unpaired) electrons. The second kappa shape index (κ2) is 5.51. The van der Waals surface area contributed by atoms with E-state index in [1.807, 2.05) is 0 Å². The van der Waals surface area contributed by atoms with Crippen LogP contribution in [0.5, 0.6) is 0 Å². The van der Waals surface area contributed by atoms with Crippen LogP contribution in [-0.4, -0.2) is 19.7 Å². The summed E-state index contributed by atoms with van der Waals surface area (Å²) < 4.78 is 2.56. The third-order valence-corrected chi connectivity index (χ3v) is 9.26. The highest BCUT2D eigenvalue weighted by Gasteiger charge is 2.35. The number of nitrogens with zero attached hydrogens (tertiary/aromatic N) is 1. The van der Waals surface area contributed by atoms with E-state index in [9.17, 15) is 0 Å². The van der Waals surface area contributed by atoms with Crippen LogP contribution in [0.3, 0.4) is 0 Å². The van der Waals surface area contributed by atoms with E-state index < -0.39 is 10.2 Å². The molecule has 0 bridgehead atoms. The van der Waals surface area contributed by atoms with Crippen molar-refractivity contribution in [3.8, 4) is 0 Å². The van der Waals surface area contributed by atoms with Crippen molar-refractivity contribution in [2.75, 3.05) is 0 Å². The quantitative estimate of drug-likeness (QED) is 0.709. The molecule has 0 fully saturated rings. The van der Waals surface area contributed by atoms with Gasteiger partial charge >= 0.3 is 0 Å². The lowest BCUT2D eigenvalue weighted by atomic mass is 10.3. The zero-order valence-corrected chi connectivity index (χ0v) is 13.3. The van der Waals surface area contributed by atoms with Gasteiger partial charge in [0.15, 0.2) is 0 Å². The van der Waals surface area contributed by atoms with Crippen LogP contribution < -0.4 is 0 Å². The highest BCUT2D eigenvalue weighted by atomic mass is 32.3. The number of aryl methyl sites for hydroxylation is 1. The van der Waals surface area contributed by atoms with Crippen LogP contribution >= 0.6 is 10.2 Å². The van der Waals surface area contributed by atoms with Gasteiger partial charge in [0.2, 0.25) is 0 Å². The van der Waals surface area contributed by atoms with Gasteiger partial charge in [-0.05, 0) is 18.1 Å². The maximum atomic E-state index is 2.56. The van der Waals surface area contributed by atoms with Crippen molar-refractivity contribution in [2.24, 2.45) is 0 Å². The molecule has 0 aromatic carbocycles. The van der Waals surface area contributed by atoms with E-state index in [0.717, 1.165) is 22.2 Å². The molecule has 0 N–H and O–H groups in total. The molecular formula is C15H29NS. The monoisotopic (exact) mass is 255 g/mol. The Hall–Kier alpha value is -0.370. The van der Waals surface area contributed by atoms with Gasteiger partial charge in [0.05, 0.1) is 0 Å². The average Bonchev–Trinajstić information content (AvgIpc) is 2.65. The zero-order chi connectivity index (χ0) is 13.2. The molecule has 1 heterocycles. The van der Waals surface area contributed by atoms with Gasteiger partial charge in [-0.15, -0.1) is 0 Å². The van der Waals surface area contributed by atoms with Crippen molar-refractivity contribution < 1.29 is 0 Å². The standard InChI is InChI=1S/C15H29NS/c1-8-15-9-10-16(11-15)17(12(2)3,13(4)5)14(6)7/h9-14H,8H2,1-7H3. The summed E-state index contributed by atoms with van der Waals surface area (Å²) in [4.78, 5) is 0. The Morgan fingerprint density at radius 2 is 1.47 bits per heavy atom. The second-order valence-electron chi connectivity index (χ2n) is 5.60. The maximum absolute atomic E-state index is 2.56. The summed E-state index contributed by atoms with van der Waals surface area (Å²) in [6.45, 7) is 16.6. The first-order valence-electron chi connectivity index (χ1n) is 6.84. The third kappa shape index (κ3) is 2.42. The van der Waals surface area contributed by atoms with Crippen LogP contribution in [0.25, 0.3) is 0 Å². The fraction of sp³-hybridized carbons (Fsp3) is 0.733. The van der Waals surface area contributed by atoms with E-state index in [-0.39, 0.29) is 0 Å². The number of hydrogen-bond donors (Lipinski definition) is 0. The lowest BCUT2D eigenvalue weighted by Gasteiger charge is -2.52. The van der Waals surface area contributed by atoms with Gasteiger partial charge in [0.1, 0.15) is 0 Å². The molecule has 0 saturated heterocycles. The van der Waals surface area contributed by atoms with Gasteiger partial charge in [-0.2, -0.15) is 10.2 Å². The maximum Gasteiger partial charge on any atom is 0.0171 e. The van der Waals surface area contributed by atoms with E-state index in [1.165, 1.54) is 5.56 Å². The average molecular weight is 255 g/mol. The first-order valence-corrected chi connectivity index (χ1v) is 8.62. The van der Waals surface area contributed by atoms with Gasteiger partial charge in [-0.25, -0.2) is 0 Å². The van der Waals surface area contributed by atoms with E-state index >= 15 is 0 Å². The largest absolute Gasteiger partial charge is 0.317 e. The predicted octanol–water partition coefficient (Wildman–Crippen LogP) is 4.84. The molecule has 1 nitrogen and oxygen atoms in total. The zero-order valence-electron chi connectivity index (χ0n) is 12.5. The lowest BCUT2D eigenvalue weighted by molar-refractivity contribution is 0.907. The molecule has 100 valence electrons. The summed E-state index contributed by atoms with van der Waals surface area (Å²) in [6, 6.07) is 2.29. The van der Waals surface area contributed by atoms with E-state index in [4.69, 9.17) is 0 Å². The molecule has 0 unspecified atom stereocenters. The SMILES string of the molecule is CCc1ccn(S(C(C)C)(C(C)C)C(C)C)c1. The first kappa shape index (κ1) is 14.7. The Kier molecular flexibility index (Phi) is 4.77. The van der Waals surface area contributed by atoms with Crippen molar-refractivity contribution >= 4 is 10.2 Å². The fourth-order valence-electron chi connectivity index (χ4n) is 3.19. The van der Waals surface area contributed by atoms with Crippen LogP contribution in [0, 0.1) is 0 Å². The van der Waals surface area contributed by atoms with Gasteiger partial charge in [-0.1, -0.05) is 48.5 Å². The van der Waals surface area contributed by atoms with Crippen LogP contribution in [0.2, 0.25) is 0 Å². The Bertz CT molecular complexity index is 328. The minimum absolute atomic E-state index is 0.722. The molecule has 0 spiro atoms. The minimum atomic E-state index is -0.798. The summed E-state index contributed by atoms with van der Waals surface area (Å²) >= 11 is 0. The Balaban J connectivity index is 3.30. The van der Waals surface area contributed by atoms with E-state index in [1.54, 1.807) is 0 Å². The van der Waals surface area contributed by atoms with Crippen molar-refractivity contribution in [1.29, 1.82) is 0 Å².